The molecule has 6 heteroatoms. The number of carbonyl (C=O) groups excluding carboxylic acids is 2. The first kappa shape index (κ1) is 17.0. The maximum atomic E-state index is 12.8. The SMILES string of the molecule is O=C(CSCC(=O)Nc1ccccc1)NCc1ccc(F)cc1. The Hall–Kier alpha value is -2.34. The topological polar surface area (TPSA) is 58.2 Å². The van der Waals surface area contributed by atoms with E-state index in [4.69, 9.17) is 0 Å². The molecule has 2 aromatic carbocycles. The lowest BCUT2D eigenvalue weighted by molar-refractivity contribution is -0.118. The number of benzene rings is 2. The monoisotopic (exact) mass is 332 g/mol. The smallest absolute Gasteiger partial charge is 0.234 e. The Balaban J connectivity index is 1.62. The van der Waals surface area contributed by atoms with E-state index in [0.717, 1.165) is 11.3 Å². The van der Waals surface area contributed by atoms with Gasteiger partial charge in [-0.25, -0.2) is 4.39 Å². The molecule has 0 aliphatic rings. The summed E-state index contributed by atoms with van der Waals surface area (Å²) in [6, 6.07) is 15.1. The molecule has 0 atom stereocenters. The van der Waals surface area contributed by atoms with Crippen LogP contribution in [0.2, 0.25) is 0 Å². The van der Waals surface area contributed by atoms with Gasteiger partial charge in [0.1, 0.15) is 5.82 Å². The number of thioether (sulfide) groups is 1. The Morgan fingerprint density at radius 3 is 2.26 bits per heavy atom. The Morgan fingerprint density at radius 1 is 0.913 bits per heavy atom. The van der Waals surface area contributed by atoms with E-state index in [0.29, 0.717) is 6.54 Å². The molecule has 0 saturated heterocycles. The van der Waals surface area contributed by atoms with E-state index >= 15 is 0 Å². The molecule has 4 nitrogen and oxygen atoms in total. The van der Waals surface area contributed by atoms with Gasteiger partial charge in [0.2, 0.25) is 11.8 Å². The first-order valence-electron chi connectivity index (χ1n) is 7.07. The Kier molecular flexibility index (Phi) is 6.62. The first-order valence-corrected chi connectivity index (χ1v) is 8.23. The molecule has 0 spiro atoms. The van der Waals surface area contributed by atoms with Crippen molar-refractivity contribution >= 4 is 29.3 Å². The summed E-state index contributed by atoms with van der Waals surface area (Å²) < 4.78 is 12.8. The van der Waals surface area contributed by atoms with Gasteiger partial charge in [0, 0.05) is 12.2 Å². The summed E-state index contributed by atoms with van der Waals surface area (Å²) in [5.41, 5.74) is 1.56. The van der Waals surface area contributed by atoms with Crippen molar-refractivity contribution in [3.8, 4) is 0 Å². The molecule has 2 aromatic rings. The number of anilines is 1. The average Bonchev–Trinajstić information content (AvgIpc) is 2.55. The molecule has 0 fully saturated rings. The molecule has 2 amide bonds. The van der Waals surface area contributed by atoms with Crippen molar-refractivity contribution in [3.05, 3.63) is 66.0 Å². The zero-order valence-electron chi connectivity index (χ0n) is 12.4. The highest BCUT2D eigenvalue weighted by Crippen LogP contribution is 2.07. The summed E-state index contributed by atoms with van der Waals surface area (Å²) >= 11 is 1.24. The molecule has 2 N–H and O–H groups in total. The third kappa shape index (κ3) is 6.52. The molecule has 2 rings (SSSR count). The molecule has 23 heavy (non-hydrogen) atoms. The molecule has 0 aliphatic carbocycles. The number of nitrogens with one attached hydrogen (secondary N) is 2. The van der Waals surface area contributed by atoms with E-state index in [1.165, 1.54) is 23.9 Å². The average molecular weight is 332 g/mol. The van der Waals surface area contributed by atoms with Gasteiger partial charge in [0.15, 0.2) is 0 Å². The number of carbonyl (C=O) groups is 2. The summed E-state index contributed by atoms with van der Waals surface area (Å²) in [6.45, 7) is 0.343. The third-order valence-corrected chi connectivity index (χ3v) is 3.86. The second-order valence-electron chi connectivity index (χ2n) is 4.81. The minimum absolute atomic E-state index is 0.146. The Labute approximate surface area is 138 Å². The van der Waals surface area contributed by atoms with Gasteiger partial charge < -0.3 is 10.6 Å². The van der Waals surface area contributed by atoms with Crippen LogP contribution in [0.1, 0.15) is 5.56 Å². The van der Waals surface area contributed by atoms with Crippen molar-refractivity contribution in [2.24, 2.45) is 0 Å². The summed E-state index contributed by atoms with van der Waals surface area (Å²) in [7, 11) is 0. The Morgan fingerprint density at radius 2 is 1.57 bits per heavy atom. The molecular weight excluding hydrogens is 315 g/mol. The molecular formula is C17H17FN2O2S. The van der Waals surface area contributed by atoms with E-state index in [9.17, 15) is 14.0 Å². The summed E-state index contributed by atoms with van der Waals surface area (Å²) in [5, 5.41) is 5.48. The second kappa shape index (κ2) is 8.95. The quantitative estimate of drug-likeness (QED) is 0.820. The number of halogens is 1. The highest BCUT2D eigenvalue weighted by atomic mass is 32.2. The van der Waals surface area contributed by atoms with Crippen LogP contribution in [0.3, 0.4) is 0 Å². The van der Waals surface area contributed by atoms with Gasteiger partial charge in [-0.3, -0.25) is 9.59 Å². The van der Waals surface area contributed by atoms with Crippen LogP contribution in [0, 0.1) is 5.82 Å². The van der Waals surface area contributed by atoms with Crippen molar-refractivity contribution in [1.82, 2.24) is 5.32 Å². The highest BCUT2D eigenvalue weighted by molar-refractivity contribution is 8.00. The maximum absolute atomic E-state index is 12.8. The lowest BCUT2D eigenvalue weighted by atomic mass is 10.2. The molecule has 0 saturated carbocycles. The lowest BCUT2D eigenvalue weighted by Crippen LogP contribution is -2.25. The van der Waals surface area contributed by atoms with E-state index in [2.05, 4.69) is 10.6 Å². The van der Waals surface area contributed by atoms with Gasteiger partial charge in [0.05, 0.1) is 11.5 Å². The fourth-order valence-electron chi connectivity index (χ4n) is 1.81. The number of amides is 2. The second-order valence-corrected chi connectivity index (χ2v) is 5.80. The predicted molar refractivity (Wildman–Crippen MR) is 90.6 cm³/mol. The normalized spacial score (nSPS) is 10.1. The van der Waals surface area contributed by atoms with Gasteiger partial charge in [-0.2, -0.15) is 0 Å². The van der Waals surface area contributed by atoms with E-state index in [1.54, 1.807) is 24.3 Å². The summed E-state index contributed by atoms with van der Waals surface area (Å²) in [5.74, 6) is -0.207. The van der Waals surface area contributed by atoms with E-state index < -0.39 is 0 Å². The van der Waals surface area contributed by atoms with Crippen LogP contribution in [0.25, 0.3) is 0 Å². The van der Waals surface area contributed by atoms with Gasteiger partial charge in [0.25, 0.3) is 0 Å². The number of hydrogen-bond acceptors (Lipinski definition) is 3. The van der Waals surface area contributed by atoms with Crippen LogP contribution in [0.5, 0.6) is 0 Å². The van der Waals surface area contributed by atoms with Crippen LogP contribution < -0.4 is 10.6 Å². The van der Waals surface area contributed by atoms with Crippen LogP contribution in [0.15, 0.2) is 54.6 Å². The van der Waals surface area contributed by atoms with Gasteiger partial charge >= 0.3 is 0 Å². The predicted octanol–water partition coefficient (Wildman–Crippen LogP) is 2.81. The molecule has 0 bridgehead atoms. The van der Waals surface area contributed by atoms with Crippen molar-refractivity contribution in [3.63, 3.8) is 0 Å². The van der Waals surface area contributed by atoms with E-state index in [-0.39, 0.29) is 29.1 Å². The lowest BCUT2D eigenvalue weighted by Gasteiger charge is -2.06. The fourth-order valence-corrected chi connectivity index (χ4v) is 2.46. The highest BCUT2D eigenvalue weighted by Gasteiger charge is 2.06. The van der Waals surface area contributed by atoms with Crippen LogP contribution in [-0.2, 0) is 16.1 Å². The maximum Gasteiger partial charge on any atom is 0.234 e. The van der Waals surface area contributed by atoms with Crippen molar-refractivity contribution < 1.29 is 14.0 Å². The van der Waals surface area contributed by atoms with Gasteiger partial charge in [-0.15, -0.1) is 11.8 Å². The van der Waals surface area contributed by atoms with Crippen LogP contribution in [-0.4, -0.2) is 23.3 Å². The molecule has 0 unspecified atom stereocenters. The van der Waals surface area contributed by atoms with E-state index in [1.807, 2.05) is 18.2 Å². The first-order chi connectivity index (χ1) is 11.1. The molecule has 0 aliphatic heterocycles. The largest absolute Gasteiger partial charge is 0.351 e. The van der Waals surface area contributed by atoms with Gasteiger partial charge in [-0.05, 0) is 29.8 Å². The Bertz CT molecular complexity index is 647. The van der Waals surface area contributed by atoms with Gasteiger partial charge in [-0.1, -0.05) is 30.3 Å². The fraction of sp³-hybridized carbons (Fsp3) is 0.176. The number of para-hydroxylation sites is 1. The molecule has 0 radical (unpaired) electrons. The third-order valence-electron chi connectivity index (χ3n) is 2.93. The van der Waals surface area contributed by atoms with Crippen LogP contribution >= 0.6 is 11.8 Å². The summed E-state index contributed by atoms with van der Waals surface area (Å²) in [4.78, 5) is 23.4. The minimum Gasteiger partial charge on any atom is -0.351 e. The van der Waals surface area contributed by atoms with Crippen molar-refractivity contribution in [2.75, 3.05) is 16.8 Å². The zero-order valence-corrected chi connectivity index (χ0v) is 13.2. The molecule has 120 valence electrons. The molecule has 0 aromatic heterocycles. The summed E-state index contributed by atoms with van der Waals surface area (Å²) in [6.07, 6.45) is 0. The van der Waals surface area contributed by atoms with Crippen molar-refractivity contribution in [2.45, 2.75) is 6.54 Å². The van der Waals surface area contributed by atoms with Crippen molar-refractivity contribution in [1.29, 1.82) is 0 Å². The zero-order chi connectivity index (χ0) is 16.5. The standard InChI is InChI=1S/C17H17FN2O2S/c18-14-8-6-13(7-9-14)10-19-16(21)11-23-12-17(22)20-15-4-2-1-3-5-15/h1-9H,10-12H2,(H,19,21)(H,20,22). The number of hydrogen-bond donors (Lipinski definition) is 2. The molecule has 0 heterocycles. The van der Waals surface area contributed by atoms with Crippen LogP contribution in [0.4, 0.5) is 10.1 Å². The number of rotatable bonds is 7. The minimum atomic E-state index is -0.305.